The molecule has 0 aliphatic heterocycles. The largest absolute Gasteiger partial charge is 0.419 e. The van der Waals surface area contributed by atoms with E-state index in [0.29, 0.717) is 34.7 Å². The molecule has 0 aliphatic rings. The second-order valence-electron chi connectivity index (χ2n) is 6.44. The van der Waals surface area contributed by atoms with Crippen molar-refractivity contribution < 1.29 is 9.21 Å². The Kier molecular flexibility index (Phi) is 5.22. The van der Waals surface area contributed by atoms with Crippen LogP contribution in [-0.4, -0.2) is 47.1 Å². The topological polar surface area (TPSA) is 102 Å². The summed E-state index contributed by atoms with van der Waals surface area (Å²) in [4.78, 5) is 23.0. The number of hydrogen-bond acceptors (Lipinski definition) is 7. The van der Waals surface area contributed by atoms with Crippen molar-refractivity contribution >= 4 is 23.3 Å². The lowest BCUT2D eigenvalue weighted by atomic mass is 10.2. The third-order valence-electron chi connectivity index (χ3n) is 4.30. The van der Waals surface area contributed by atoms with Crippen molar-refractivity contribution in [1.29, 1.82) is 0 Å². The molecule has 10 heteroatoms. The maximum atomic E-state index is 13.0. The molecule has 1 aromatic carbocycles. The number of aryl methyl sites for hydroxylation is 1. The molecule has 3 aromatic heterocycles. The van der Waals surface area contributed by atoms with Gasteiger partial charge in [0.2, 0.25) is 17.6 Å². The van der Waals surface area contributed by atoms with Gasteiger partial charge < -0.3 is 9.32 Å². The number of fused-ring (bicyclic) bond motifs is 1. The standard InChI is InChI=1S/C19H18ClN7O2/c1-3-10-26(18(28)16-22-19-21-9-8-12(2)27(19)25-16)11-15-23-24-17(29-15)13-6-4-5-7-14(13)20/h4-9H,3,10-11H2,1-2H3. The maximum absolute atomic E-state index is 13.0. The van der Waals surface area contributed by atoms with Crippen molar-refractivity contribution in [3.63, 3.8) is 0 Å². The van der Waals surface area contributed by atoms with E-state index in [9.17, 15) is 4.79 Å². The summed E-state index contributed by atoms with van der Waals surface area (Å²) in [5.41, 5.74) is 1.48. The molecule has 4 rings (SSSR count). The van der Waals surface area contributed by atoms with E-state index in [-0.39, 0.29) is 18.3 Å². The monoisotopic (exact) mass is 411 g/mol. The van der Waals surface area contributed by atoms with Crippen molar-refractivity contribution in [3.8, 4) is 11.5 Å². The van der Waals surface area contributed by atoms with Gasteiger partial charge in [-0.1, -0.05) is 30.7 Å². The molecule has 0 aliphatic carbocycles. The number of hydrogen-bond donors (Lipinski definition) is 0. The average Bonchev–Trinajstić information content (AvgIpc) is 3.35. The molecular formula is C19H18ClN7O2. The summed E-state index contributed by atoms with van der Waals surface area (Å²) in [6.45, 7) is 4.48. The van der Waals surface area contributed by atoms with Gasteiger partial charge in [0.25, 0.3) is 11.7 Å². The van der Waals surface area contributed by atoms with Crippen LogP contribution in [0.5, 0.6) is 0 Å². The highest BCUT2D eigenvalue weighted by Crippen LogP contribution is 2.26. The summed E-state index contributed by atoms with van der Waals surface area (Å²) >= 11 is 6.19. The van der Waals surface area contributed by atoms with Gasteiger partial charge in [0.05, 0.1) is 17.1 Å². The molecule has 0 N–H and O–H groups in total. The minimum Gasteiger partial charge on any atom is -0.419 e. The SMILES string of the molecule is CCCN(Cc1nnc(-c2ccccc2Cl)o1)C(=O)c1nc2nccc(C)n2n1. The minimum atomic E-state index is -0.325. The number of amides is 1. The van der Waals surface area contributed by atoms with Gasteiger partial charge in [-0.05, 0) is 31.5 Å². The Morgan fingerprint density at radius 3 is 2.83 bits per heavy atom. The highest BCUT2D eigenvalue weighted by atomic mass is 35.5. The zero-order chi connectivity index (χ0) is 20.4. The van der Waals surface area contributed by atoms with Crippen LogP contribution in [0.25, 0.3) is 17.2 Å². The van der Waals surface area contributed by atoms with Crippen LogP contribution < -0.4 is 0 Å². The first kappa shape index (κ1) is 19.0. The van der Waals surface area contributed by atoms with Crippen LogP contribution in [-0.2, 0) is 6.54 Å². The predicted octanol–water partition coefficient (Wildman–Crippen LogP) is 3.19. The fourth-order valence-corrected chi connectivity index (χ4v) is 3.10. The van der Waals surface area contributed by atoms with Crippen LogP contribution >= 0.6 is 11.6 Å². The van der Waals surface area contributed by atoms with E-state index in [4.69, 9.17) is 16.0 Å². The van der Waals surface area contributed by atoms with Gasteiger partial charge in [0, 0.05) is 18.4 Å². The predicted molar refractivity (Wildman–Crippen MR) is 105 cm³/mol. The Labute approximate surface area is 171 Å². The van der Waals surface area contributed by atoms with E-state index < -0.39 is 0 Å². The van der Waals surface area contributed by atoms with Crippen LogP contribution in [0.3, 0.4) is 0 Å². The molecule has 1 amide bonds. The number of halogens is 1. The van der Waals surface area contributed by atoms with Crippen molar-refractivity contribution in [2.45, 2.75) is 26.8 Å². The smallest absolute Gasteiger partial charge is 0.294 e. The summed E-state index contributed by atoms with van der Waals surface area (Å²) in [7, 11) is 0. The number of benzene rings is 1. The van der Waals surface area contributed by atoms with Crippen molar-refractivity contribution in [1.82, 2.24) is 34.7 Å². The highest BCUT2D eigenvalue weighted by molar-refractivity contribution is 6.33. The van der Waals surface area contributed by atoms with E-state index in [1.54, 1.807) is 33.8 Å². The first-order valence-corrected chi connectivity index (χ1v) is 9.49. The van der Waals surface area contributed by atoms with Crippen LogP contribution in [0, 0.1) is 6.92 Å². The molecule has 0 saturated heterocycles. The van der Waals surface area contributed by atoms with E-state index in [2.05, 4.69) is 25.3 Å². The molecule has 0 saturated carbocycles. The molecule has 0 unspecified atom stereocenters. The zero-order valence-electron chi connectivity index (χ0n) is 15.9. The van der Waals surface area contributed by atoms with Gasteiger partial charge in [0.15, 0.2) is 0 Å². The Balaban J connectivity index is 1.58. The lowest BCUT2D eigenvalue weighted by Crippen LogP contribution is -2.32. The molecule has 148 valence electrons. The van der Waals surface area contributed by atoms with Gasteiger partial charge >= 0.3 is 0 Å². The van der Waals surface area contributed by atoms with E-state index in [1.165, 1.54) is 0 Å². The molecular weight excluding hydrogens is 394 g/mol. The van der Waals surface area contributed by atoms with Gasteiger partial charge in [0.1, 0.15) is 0 Å². The second-order valence-corrected chi connectivity index (χ2v) is 6.85. The molecule has 0 spiro atoms. The van der Waals surface area contributed by atoms with Crippen LogP contribution in [0.1, 0.15) is 35.5 Å². The van der Waals surface area contributed by atoms with Gasteiger partial charge in [-0.2, -0.15) is 4.98 Å². The molecule has 0 fully saturated rings. The Morgan fingerprint density at radius 1 is 1.24 bits per heavy atom. The van der Waals surface area contributed by atoms with Crippen LogP contribution in [0.4, 0.5) is 0 Å². The first-order chi connectivity index (χ1) is 14.1. The second kappa shape index (κ2) is 7.96. The molecule has 3 heterocycles. The van der Waals surface area contributed by atoms with Crippen molar-refractivity contribution in [2.75, 3.05) is 6.54 Å². The number of aromatic nitrogens is 6. The summed E-state index contributed by atoms with van der Waals surface area (Å²) in [5.74, 6) is 0.740. The molecule has 0 atom stereocenters. The highest BCUT2D eigenvalue weighted by Gasteiger charge is 2.23. The van der Waals surface area contributed by atoms with E-state index in [1.807, 2.05) is 26.0 Å². The minimum absolute atomic E-state index is 0.0751. The van der Waals surface area contributed by atoms with Crippen LogP contribution in [0.2, 0.25) is 5.02 Å². The molecule has 29 heavy (non-hydrogen) atoms. The fraction of sp³-hybridized carbons (Fsp3) is 0.263. The number of carbonyl (C=O) groups excluding carboxylic acids is 1. The summed E-state index contributed by atoms with van der Waals surface area (Å²) in [6.07, 6.45) is 2.38. The van der Waals surface area contributed by atoms with Gasteiger partial charge in [-0.15, -0.1) is 15.3 Å². The third-order valence-corrected chi connectivity index (χ3v) is 4.63. The quantitative estimate of drug-likeness (QED) is 0.480. The lowest BCUT2D eigenvalue weighted by Gasteiger charge is -2.18. The van der Waals surface area contributed by atoms with Gasteiger partial charge in [-0.25, -0.2) is 9.50 Å². The molecule has 0 bridgehead atoms. The number of carbonyl (C=O) groups is 1. The maximum Gasteiger partial charge on any atom is 0.294 e. The van der Waals surface area contributed by atoms with Crippen LogP contribution in [0.15, 0.2) is 40.9 Å². The van der Waals surface area contributed by atoms with Crippen molar-refractivity contribution in [3.05, 3.63) is 59.0 Å². The Hall–Kier alpha value is -3.33. The summed E-state index contributed by atoms with van der Waals surface area (Å²) < 4.78 is 7.27. The fourth-order valence-electron chi connectivity index (χ4n) is 2.89. The zero-order valence-corrected chi connectivity index (χ0v) is 16.7. The normalized spacial score (nSPS) is 11.1. The lowest BCUT2D eigenvalue weighted by molar-refractivity contribution is 0.0716. The summed E-state index contributed by atoms with van der Waals surface area (Å²) in [6, 6.07) is 9.00. The number of nitrogens with zero attached hydrogens (tertiary/aromatic N) is 7. The Morgan fingerprint density at radius 2 is 2.07 bits per heavy atom. The average molecular weight is 412 g/mol. The first-order valence-electron chi connectivity index (χ1n) is 9.11. The van der Waals surface area contributed by atoms with E-state index in [0.717, 1.165) is 12.1 Å². The van der Waals surface area contributed by atoms with Gasteiger partial charge in [-0.3, -0.25) is 4.79 Å². The number of rotatable bonds is 6. The molecule has 0 radical (unpaired) electrons. The Bertz CT molecular complexity index is 1170. The van der Waals surface area contributed by atoms with E-state index >= 15 is 0 Å². The third kappa shape index (κ3) is 3.81. The summed E-state index contributed by atoms with van der Waals surface area (Å²) in [5, 5.41) is 12.9. The van der Waals surface area contributed by atoms with Crippen molar-refractivity contribution in [2.24, 2.45) is 0 Å². The molecule has 4 aromatic rings. The molecule has 9 nitrogen and oxygen atoms in total.